The SMILES string of the molecule is CCC(O)CCNc1cc2nc[nH]c(=O)c2cc1N. The molecule has 1 aromatic carbocycles. The van der Waals surface area contributed by atoms with Crippen molar-refractivity contribution in [2.75, 3.05) is 17.6 Å². The minimum absolute atomic E-state index is 0.204. The van der Waals surface area contributed by atoms with Gasteiger partial charge in [0.15, 0.2) is 0 Å². The first kappa shape index (κ1) is 13.4. The number of nitrogens with one attached hydrogen (secondary N) is 2. The number of nitrogen functional groups attached to an aromatic ring is 1. The third kappa shape index (κ3) is 3.03. The van der Waals surface area contributed by atoms with Gasteiger partial charge in [-0.25, -0.2) is 4.98 Å². The summed E-state index contributed by atoms with van der Waals surface area (Å²) in [7, 11) is 0. The van der Waals surface area contributed by atoms with Gasteiger partial charge in [0.25, 0.3) is 5.56 Å². The molecule has 6 nitrogen and oxygen atoms in total. The molecular weight excluding hydrogens is 244 g/mol. The number of anilines is 2. The van der Waals surface area contributed by atoms with Crippen molar-refractivity contribution in [1.82, 2.24) is 9.97 Å². The van der Waals surface area contributed by atoms with Gasteiger partial charge in [0, 0.05) is 6.54 Å². The minimum atomic E-state index is -0.310. The molecule has 0 radical (unpaired) electrons. The summed E-state index contributed by atoms with van der Waals surface area (Å²) >= 11 is 0. The van der Waals surface area contributed by atoms with Crippen molar-refractivity contribution in [1.29, 1.82) is 0 Å². The van der Waals surface area contributed by atoms with Gasteiger partial charge in [-0.15, -0.1) is 0 Å². The molecule has 0 fully saturated rings. The van der Waals surface area contributed by atoms with Crippen LogP contribution in [-0.2, 0) is 0 Å². The Morgan fingerprint density at radius 2 is 2.32 bits per heavy atom. The van der Waals surface area contributed by atoms with E-state index < -0.39 is 0 Å². The molecule has 0 saturated carbocycles. The number of aliphatic hydroxyl groups excluding tert-OH is 1. The number of nitrogens with zero attached hydrogens (tertiary/aromatic N) is 1. The number of hydrogen-bond donors (Lipinski definition) is 4. The van der Waals surface area contributed by atoms with Gasteiger partial charge in [0.2, 0.25) is 0 Å². The number of fused-ring (bicyclic) bond motifs is 1. The summed E-state index contributed by atoms with van der Waals surface area (Å²) in [6.45, 7) is 2.55. The van der Waals surface area contributed by atoms with Gasteiger partial charge < -0.3 is 21.1 Å². The number of H-pyrrole nitrogens is 1. The first-order valence-electron chi connectivity index (χ1n) is 6.30. The molecule has 0 aliphatic carbocycles. The number of nitrogens with two attached hydrogens (primary N) is 1. The number of rotatable bonds is 5. The van der Waals surface area contributed by atoms with E-state index in [1.54, 1.807) is 12.1 Å². The van der Waals surface area contributed by atoms with Gasteiger partial charge in [0.05, 0.1) is 34.7 Å². The summed E-state index contributed by atoms with van der Waals surface area (Å²) in [6.07, 6.45) is 2.43. The lowest BCUT2D eigenvalue weighted by molar-refractivity contribution is 0.164. The van der Waals surface area contributed by atoms with Gasteiger partial charge in [-0.2, -0.15) is 0 Å². The van der Waals surface area contributed by atoms with Gasteiger partial charge in [-0.3, -0.25) is 4.79 Å². The van der Waals surface area contributed by atoms with E-state index in [4.69, 9.17) is 5.73 Å². The van der Waals surface area contributed by atoms with Crippen LogP contribution in [0.25, 0.3) is 10.9 Å². The van der Waals surface area contributed by atoms with Crippen molar-refractivity contribution in [2.45, 2.75) is 25.9 Å². The highest BCUT2D eigenvalue weighted by molar-refractivity contribution is 5.88. The Bertz CT molecular complexity index is 624. The molecule has 19 heavy (non-hydrogen) atoms. The lowest BCUT2D eigenvalue weighted by Gasteiger charge is -2.12. The fraction of sp³-hybridized carbons (Fsp3) is 0.385. The van der Waals surface area contributed by atoms with Gasteiger partial charge in [-0.05, 0) is 25.0 Å². The molecular formula is C13H18N4O2. The second kappa shape index (κ2) is 5.71. The molecule has 2 aromatic rings. The van der Waals surface area contributed by atoms with Gasteiger partial charge in [0.1, 0.15) is 0 Å². The Balaban J connectivity index is 2.20. The summed E-state index contributed by atoms with van der Waals surface area (Å²) in [5.41, 5.74) is 7.52. The van der Waals surface area contributed by atoms with Crippen LogP contribution in [0.1, 0.15) is 19.8 Å². The predicted octanol–water partition coefficient (Wildman–Crippen LogP) is 1.08. The molecule has 0 spiro atoms. The zero-order valence-electron chi connectivity index (χ0n) is 10.8. The van der Waals surface area contributed by atoms with E-state index in [0.717, 1.165) is 12.1 Å². The first-order valence-corrected chi connectivity index (χ1v) is 6.30. The smallest absolute Gasteiger partial charge is 0.258 e. The Hall–Kier alpha value is -2.08. The summed E-state index contributed by atoms with van der Waals surface area (Å²) in [4.78, 5) is 18.2. The lowest BCUT2D eigenvalue weighted by atomic mass is 10.1. The molecule has 1 unspecified atom stereocenters. The van der Waals surface area contributed by atoms with Crippen LogP contribution >= 0.6 is 0 Å². The maximum absolute atomic E-state index is 11.6. The van der Waals surface area contributed by atoms with Crippen molar-refractivity contribution in [3.05, 3.63) is 28.8 Å². The third-order valence-electron chi connectivity index (χ3n) is 3.08. The molecule has 102 valence electrons. The summed E-state index contributed by atoms with van der Waals surface area (Å²) in [6, 6.07) is 3.36. The fourth-order valence-corrected chi connectivity index (χ4v) is 1.86. The zero-order chi connectivity index (χ0) is 13.8. The Kier molecular flexibility index (Phi) is 4.01. The van der Waals surface area contributed by atoms with E-state index in [1.165, 1.54) is 6.33 Å². The maximum Gasteiger partial charge on any atom is 0.258 e. The minimum Gasteiger partial charge on any atom is -0.397 e. The van der Waals surface area contributed by atoms with Crippen molar-refractivity contribution in [3.8, 4) is 0 Å². The highest BCUT2D eigenvalue weighted by atomic mass is 16.3. The van der Waals surface area contributed by atoms with Crippen molar-refractivity contribution < 1.29 is 5.11 Å². The number of hydrogen-bond acceptors (Lipinski definition) is 5. The second-order valence-corrected chi connectivity index (χ2v) is 4.47. The zero-order valence-corrected chi connectivity index (χ0v) is 10.8. The molecule has 0 bridgehead atoms. The highest BCUT2D eigenvalue weighted by Crippen LogP contribution is 2.22. The summed E-state index contributed by atoms with van der Waals surface area (Å²) < 4.78 is 0. The van der Waals surface area contributed by atoms with E-state index in [2.05, 4.69) is 15.3 Å². The molecule has 0 aliphatic heterocycles. The van der Waals surface area contributed by atoms with Gasteiger partial charge >= 0.3 is 0 Å². The molecule has 0 aliphatic rings. The number of aromatic amines is 1. The normalized spacial score (nSPS) is 12.5. The Morgan fingerprint density at radius 1 is 1.53 bits per heavy atom. The van der Waals surface area contributed by atoms with Crippen LogP contribution in [0.2, 0.25) is 0 Å². The number of aromatic nitrogens is 2. The van der Waals surface area contributed by atoms with Crippen LogP contribution in [0.4, 0.5) is 11.4 Å². The predicted molar refractivity (Wildman–Crippen MR) is 76.2 cm³/mol. The quantitative estimate of drug-likeness (QED) is 0.604. The van der Waals surface area contributed by atoms with Crippen LogP contribution in [0.3, 0.4) is 0 Å². The molecule has 1 aromatic heterocycles. The topological polar surface area (TPSA) is 104 Å². The second-order valence-electron chi connectivity index (χ2n) is 4.47. The molecule has 6 heteroatoms. The van der Waals surface area contributed by atoms with Crippen molar-refractivity contribution >= 4 is 22.3 Å². The molecule has 1 heterocycles. The molecule has 2 rings (SSSR count). The number of benzene rings is 1. The van der Waals surface area contributed by atoms with Crippen molar-refractivity contribution in [2.24, 2.45) is 0 Å². The Labute approximate surface area is 110 Å². The molecule has 0 saturated heterocycles. The van der Waals surface area contributed by atoms with Crippen LogP contribution in [-0.4, -0.2) is 27.7 Å². The van der Waals surface area contributed by atoms with Crippen LogP contribution < -0.4 is 16.6 Å². The summed E-state index contributed by atoms with van der Waals surface area (Å²) in [5.74, 6) is 0. The third-order valence-corrected chi connectivity index (χ3v) is 3.08. The van der Waals surface area contributed by atoms with E-state index in [9.17, 15) is 9.90 Å². The molecule has 1 atom stereocenters. The summed E-state index contributed by atoms with van der Waals surface area (Å²) in [5, 5.41) is 13.1. The van der Waals surface area contributed by atoms with E-state index in [1.807, 2.05) is 6.92 Å². The average Bonchev–Trinajstić information content (AvgIpc) is 2.40. The molecule has 5 N–H and O–H groups in total. The lowest BCUT2D eigenvalue weighted by Crippen LogP contribution is -2.13. The van der Waals surface area contributed by atoms with Gasteiger partial charge in [-0.1, -0.05) is 6.92 Å². The van der Waals surface area contributed by atoms with E-state index >= 15 is 0 Å². The number of aliphatic hydroxyl groups is 1. The largest absolute Gasteiger partial charge is 0.397 e. The monoisotopic (exact) mass is 262 g/mol. The van der Waals surface area contributed by atoms with Crippen LogP contribution in [0, 0.1) is 0 Å². The Morgan fingerprint density at radius 3 is 3.05 bits per heavy atom. The van der Waals surface area contributed by atoms with Crippen LogP contribution in [0.15, 0.2) is 23.3 Å². The van der Waals surface area contributed by atoms with E-state index in [-0.39, 0.29) is 11.7 Å². The first-order chi connectivity index (χ1) is 9.11. The highest BCUT2D eigenvalue weighted by Gasteiger charge is 2.06. The maximum atomic E-state index is 11.6. The average molecular weight is 262 g/mol. The fourth-order valence-electron chi connectivity index (χ4n) is 1.86. The standard InChI is InChI=1S/C13H18N4O2/c1-2-8(18)3-4-15-12-6-11-9(5-10(12)14)13(19)17-7-16-11/h5-8,15,18H,2-4,14H2,1H3,(H,16,17,19). The molecule has 0 amide bonds. The van der Waals surface area contributed by atoms with Crippen molar-refractivity contribution in [3.63, 3.8) is 0 Å². The van der Waals surface area contributed by atoms with E-state index in [0.29, 0.717) is 29.6 Å². The van der Waals surface area contributed by atoms with Crippen LogP contribution in [0.5, 0.6) is 0 Å².